The lowest BCUT2D eigenvalue weighted by Gasteiger charge is -2.25. The number of para-hydroxylation sites is 2. The smallest absolute Gasteiger partial charge is 0.341 e. The van der Waals surface area contributed by atoms with Gasteiger partial charge in [0.1, 0.15) is 17.1 Å². The van der Waals surface area contributed by atoms with Gasteiger partial charge in [0.05, 0.1) is 29.7 Å². The number of nitrogens with one attached hydrogen (secondary N) is 2. The summed E-state index contributed by atoms with van der Waals surface area (Å²) in [6, 6.07) is 7.61. The lowest BCUT2D eigenvalue weighted by Crippen LogP contribution is -2.22. The van der Waals surface area contributed by atoms with E-state index in [0.29, 0.717) is 11.3 Å². The van der Waals surface area contributed by atoms with Crippen molar-refractivity contribution in [2.75, 3.05) is 7.11 Å². The number of carbonyl (C=O) groups excluding carboxylic acids is 1. The van der Waals surface area contributed by atoms with Crippen LogP contribution in [0, 0.1) is 5.92 Å². The number of aromatic amines is 2. The third kappa shape index (κ3) is 2.87. The topological polar surface area (TPSA) is 106 Å². The molecule has 2 aliphatic rings. The molecule has 0 aliphatic carbocycles. The quantitative estimate of drug-likeness (QED) is 0.519. The molecule has 3 heterocycles. The summed E-state index contributed by atoms with van der Waals surface area (Å²) in [7, 11) is 1.31. The molecule has 0 spiro atoms. The van der Waals surface area contributed by atoms with Crippen LogP contribution in [0.25, 0.3) is 22.3 Å². The van der Waals surface area contributed by atoms with E-state index in [2.05, 4.69) is 29.0 Å². The first-order chi connectivity index (χ1) is 13.5. The third-order valence-electron chi connectivity index (χ3n) is 5.18. The number of hydrogen-bond donors (Lipinski definition) is 2. The molecule has 0 bridgehead atoms. The van der Waals surface area contributed by atoms with E-state index in [1.165, 1.54) is 7.11 Å². The van der Waals surface area contributed by atoms with E-state index in [1.54, 1.807) is 12.4 Å². The standard InChI is InChI=1S/C20H21N5O3/c1-4-11(2)17(18-21-14-7-5-6-8-15(14)22-18)25-9-12-16(23-24-19(12)26)13(10-25)20(27)28-3/h5-11,17H,4H2,1-3H3,(H,21,22)(H,24,26). The number of H-pyrrole nitrogens is 2. The molecular formula is C20H21N5O3. The molecule has 0 amide bonds. The van der Waals surface area contributed by atoms with E-state index >= 15 is 0 Å². The first-order valence-electron chi connectivity index (χ1n) is 9.16. The van der Waals surface area contributed by atoms with Gasteiger partial charge in [-0.3, -0.25) is 4.79 Å². The van der Waals surface area contributed by atoms with Crippen molar-refractivity contribution in [2.24, 2.45) is 5.92 Å². The second-order valence-electron chi connectivity index (χ2n) is 6.90. The molecule has 1 aromatic heterocycles. The maximum atomic E-state index is 12.3. The van der Waals surface area contributed by atoms with E-state index in [0.717, 1.165) is 23.3 Å². The summed E-state index contributed by atoms with van der Waals surface area (Å²) in [6.45, 7) is 4.21. The van der Waals surface area contributed by atoms with E-state index in [1.807, 2.05) is 28.8 Å². The minimum Gasteiger partial charge on any atom is -0.465 e. The van der Waals surface area contributed by atoms with Crippen molar-refractivity contribution in [3.05, 3.63) is 58.4 Å². The van der Waals surface area contributed by atoms with Crippen molar-refractivity contribution >= 4 is 17.0 Å². The van der Waals surface area contributed by atoms with Crippen LogP contribution in [-0.2, 0) is 4.74 Å². The summed E-state index contributed by atoms with van der Waals surface area (Å²) in [5, 5.41) is 6.40. The van der Waals surface area contributed by atoms with E-state index < -0.39 is 5.97 Å². The summed E-state index contributed by atoms with van der Waals surface area (Å²) < 4.78 is 6.76. The Balaban J connectivity index is 1.95. The highest BCUT2D eigenvalue weighted by molar-refractivity contribution is 5.96. The van der Waals surface area contributed by atoms with Crippen LogP contribution in [0.3, 0.4) is 0 Å². The minimum atomic E-state index is -0.543. The van der Waals surface area contributed by atoms with Crippen LogP contribution in [0.15, 0.2) is 41.5 Å². The Hall–Kier alpha value is -3.42. The Morgan fingerprint density at radius 2 is 2.07 bits per heavy atom. The van der Waals surface area contributed by atoms with Gasteiger partial charge >= 0.3 is 5.97 Å². The Kier molecular flexibility index (Phi) is 4.46. The molecule has 2 N–H and O–H groups in total. The number of pyridine rings is 1. The van der Waals surface area contributed by atoms with Crippen LogP contribution in [0.1, 0.15) is 42.5 Å². The number of benzene rings is 1. The van der Waals surface area contributed by atoms with Gasteiger partial charge in [0, 0.05) is 12.4 Å². The Morgan fingerprint density at radius 3 is 2.79 bits per heavy atom. The van der Waals surface area contributed by atoms with Gasteiger partial charge in [0.2, 0.25) is 0 Å². The van der Waals surface area contributed by atoms with E-state index in [9.17, 15) is 9.59 Å². The fourth-order valence-corrected chi connectivity index (χ4v) is 3.52. The fraction of sp³-hybridized carbons (Fsp3) is 0.300. The molecule has 2 aromatic rings. The van der Waals surface area contributed by atoms with Gasteiger partial charge in [-0.2, -0.15) is 5.10 Å². The number of fused-ring (bicyclic) bond motifs is 2. The molecule has 2 unspecified atom stereocenters. The number of nitrogens with zero attached hydrogens (tertiary/aromatic N) is 3. The molecule has 0 saturated heterocycles. The van der Waals surface area contributed by atoms with Crippen molar-refractivity contribution in [3.8, 4) is 11.3 Å². The molecule has 144 valence electrons. The SMILES string of the molecule is CCC(C)C(c1nc2ccccc2[nH]1)n1cc(C(=O)OC)c2n[nH]c(=O)c-2c1. The molecule has 8 heteroatoms. The lowest BCUT2D eigenvalue weighted by atomic mass is 9.97. The zero-order valence-corrected chi connectivity index (χ0v) is 15.9. The van der Waals surface area contributed by atoms with Crippen molar-refractivity contribution in [3.63, 3.8) is 0 Å². The van der Waals surface area contributed by atoms with Crippen LogP contribution < -0.4 is 5.56 Å². The number of aromatic nitrogens is 5. The van der Waals surface area contributed by atoms with Gasteiger partial charge in [-0.1, -0.05) is 32.4 Å². The highest BCUT2D eigenvalue weighted by Crippen LogP contribution is 2.31. The highest BCUT2D eigenvalue weighted by Gasteiger charge is 2.28. The average Bonchev–Trinajstić information content (AvgIpc) is 3.30. The van der Waals surface area contributed by atoms with Crippen LogP contribution in [0.2, 0.25) is 0 Å². The lowest BCUT2D eigenvalue weighted by molar-refractivity contribution is 0.0600. The fourth-order valence-electron chi connectivity index (χ4n) is 3.52. The molecule has 4 rings (SSSR count). The Morgan fingerprint density at radius 1 is 1.29 bits per heavy atom. The molecule has 0 fully saturated rings. The van der Waals surface area contributed by atoms with Crippen LogP contribution in [0.5, 0.6) is 0 Å². The monoisotopic (exact) mass is 379 g/mol. The van der Waals surface area contributed by atoms with Crippen molar-refractivity contribution in [1.29, 1.82) is 0 Å². The van der Waals surface area contributed by atoms with Gasteiger partial charge in [0.15, 0.2) is 0 Å². The number of carbonyl (C=O) groups is 1. The van der Waals surface area contributed by atoms with Crippen LogP contribution in [0.4, 0.5) is 0 Å². The zero-order chi connectivity index (χ0) is 19.8. The largest absolute Gasteiger partial charge is 0.465 e. The molecule has 8 nitrogen and oxygen atoms in total. The summed E-state index contributed by atoms with van der Waals surface area (Å²) in [5.41, 5.74) is 2.35. The number of ether oxygens (including phenoxy) is 1. The highest BCUT2D eigenvalue weighted by atomic mass is 16.5. The molecule has 0 saturated carbocycles. The molecule has 0 radical (unpaired) electrons. The molecule has 2 atom stereocenters. The average molecular weight is 379 g/mol. The van der Waals surface area contributed by atoms with Crippen molar-refractivity contribution < 1.29 is 9.53 Å². The van der Waals surface area contributed by atoms with Crippen molar-refractivity contribution in [2.45, 2.75) is 26.3 Å². The Bertz CT molecular complexity index is 1140. The Labute approximate surface area is 160 Å². The second-order valence-corrected chi connectivity index (χ2v) is 6.90. The minimum absolute atomic E-state index is 0.190. The predicted octanol–water partition coefficient (Wildman–Crippen LogP) is 2.97. The number of hydrogen-bond acceptors (Lipinski definition) is 5. The first kappa shape index (κ1) is 18.0. The van der Waals surface area contributed by atoms with Gasteiger partial charge in [-0.05, 0) is 18.1 Å². The normalized spacial score (nSPS) is 13.7. The summed E-state index contributed by atoms with van der Waals surface area (Å²) in [5.74, 6) is 0.417. The second kappa shape index (κ2) is 6.95. The van der Waals surface area contributed by atoms with Crippen LogP contribution in [-0.4, -0.2) is 37.8 Å². The van der Waals surface area contributed by atoms with Crippen molar-refractivity contribution in [1.82, 2.24) is 24.7 Å². The summed E-state index contributed by atoms with van der Waals surface area (Å²) in [6.07, 6.45) is 4.28. The van der Waals surface area contributed by atoms with E-state index in [-0.39, 0.29) is 23.1 Å². The maximum Gasteiger partial charge on any atom is 0.341 e. The van der Waals surface area contributed by atoms with Gasteiger partial charge in [-0.25, -0.2) is 14.9 Å². The first-order valence-corrected chi connectivity index (χ1v) is 9.16. The van der Waals surface area contributed by atoms with Crippen LogP contribution >= 0.6 is 0 Å². The molecule has 28 heavy (non-hydrogen) atoms. The maximum absolute atomic E-state index is 12.3. The van der Waals surface area contributed by atoms with Gasteiger partial charge < -0.3 is 14.3 Å². The molecule has 2 aliphatic heterocycles. The number of esters is 1. The zero-order valence-electron chi connectivity index (χ0n) is 15.9. The number of imidazole rings is 1. The van der Waals surface area contributed by atoms with Gasteiger partial charge in [0.25, 0.3) is 5.56 Å². The summed E-state index contributed by atoms with van der Waals surface area (Å²) in [4.78, 5) is 32.7. The molecule has 1 aromatic carbocycles. The van der Waals surface area contributed by atoms with Gasteiger partial charge in [-0.15, -0.1) is 0 Å². The number of rotatable bonds is 5. The predicted molar refractivity (Wildman–Crippen MR) is 104 cm³/mol. The molecular weight excluding hydrogens is 358 g/mol. The third-order valence-corrected chi connectivity index (χ3v) is 5.18. The number of methoxy groups -OCH3 is 1. The summed E-state index contributed by atoms with van der Waals surface area (Å²) >= 11 is 0. The van der Waals surface area contributed by atoms with E-state index in [4.69, 9.17) is 9.72 Å².